The van der Waals surface area contributed by atoms with Crippen LogP contribution in [0.5, 0.6) is 5.75 Å². The smallest absolute Gasteiger partial charge is 0.325 e. The van der Waals surface area contributed by atoms with Gasteiger partial charge in [0.25, 0.3) is 11.1 Å². The number of carbonyl (C=O) groups is 4. The van der Waals surface area contributed by atoms with Crippen LogP contribution in [0.25, 0.3) is 6.08 Å². The Morgan fingerprint density at radius 3 is 2.50 bits per heavy atom. The van der Waals surface area contributed by atoms with Crippen molar-refractivity contribution in [1.82, 2.24) is 4.90 Å². The van der Waals surface area contributed by atoms with Crippen LogP contribution in [0.2, 0.25) is 0 Å². The fraction of sp³-hybridized carbons (Fsp3) is 0.200. The van der Waals surface area contributed by atoms with Crippen molar-refractivity contribution in [2.45, 2.75) is 0 Å². The first-order valence-electron chi connectivity index (χ1n) is 6.65. The molecule has 0 unspecified atom stereocenters. The van der Waals surface area contributed by atoms with Crippen molar-refractivity contribution in [3.8, 4) is 5.75 Å². The Morgan fingerprint density at radius 1 is 1.25 bits per heavy atom. The summed E-state index contributed by atoms with van der Waals surface area (Å²) in [6, 6.07) is 6.23. The van der Waals surface area contributed by atoms with Crippen molar-refractivity contribution in [2.75, 3.05) is 20.3 Å². The van der Waals surface area contributed by atoms with E-state index in [1.54, 1.807) is 12.1 Å². The summed E-state index contributed by atoms with van der Waals surface area (Å²) in [4.78, 5) is 46.4. The van der Waals surface area contributed by atoms with Gasteiger partial charge < -0.3 is 19.4 Å². The number of amides is 2. The number of carbonyl (C=O) groups excluding carboxylic acids is 4. The lowest BCUT2D eigenvalue weighted by molar-refractivity contribution is -0.307. The predicted molar refractivity (Wildman–Crippen MR) is 81.6 cm³/mol. The second kappa shape index (κ2) is 7.64. The number of thioether (sulfide) groups is 1. The first kappa shape index (κ1) is 17.5. The highest BCUT2D eigenvalue weighted by molar-refractivity contribution is 8.18. The highest BCUT2D eigenvalue weighted by Gasteiger charge is 2.36. The highest BCUT2D eigenvalue weighted by Crippen LogP contribution is 2.32. The van der Waals surface area contributed by atoms with Crippen molar-refractivity contribution >= 4 is 40.9 Å². The number of ether oxygens (including phenoxy) is 2. The molecule has 0 radical (unpaired) electrons. The van der Waals surface area contributed by atoms with Crippen LogP contribution in [-0.4, -0.2) is 48.2 Å². The van der Waals surface area contributed by atoms with E-state index in [1.807, 2.05) is 0 Å². The molecule has 1 fully saturated rings. The molecule has 1 saturated heterocycles. The van der Waals surface area contributed by atoms with Crippen LogP contribution in [0.1, 0.15) is 5.56 Å². The van der Waals surface area contributed by atoms with Crippen LogP contribution in [0.15, 0.2) is 29.2 Å². The van der Waals surface area contributed by atoms with Gasteiger partial charge in [-0.15, -0.1) is 0 Å². The van der Waals surface area contributed by atoms with Gasteiger partial charge in [-0.3, -0.25) is 19.3 Å². The minimum absolute atomic E-state index is 0.173. The minimum Gasteiger partial charge on any atom is -0.546 e. The van der Waals surface area contributed by atoms with E-state index in [4.69, 9.17) is 4.74 Å². The standard InChI is InChI=1S/C15H13NO7S/c1-22-13(19)7-16-14(20)11(24-15(16)21)6-9-2-4-10(5-3-9)23-8-12(17)18/h2-6H,7-8H2,1H3,(H,17,18)/p-1/b11-6+. The van der Waals surface area contributed by atoms with Gasteiger partial charge in [0, 0.05) is 0 Å². The molecule has 8 nitrogen and oxygen atoms in total. The zero-order valence-corrected chi connectivity index (χ0v) is 13.3. The number of carboxylic acid groups (broad SMARTS) is 1. The summed E-state index contributed by atoms with van der Waals surface area (Å²) in [5.41, 5.74) is 0.611. The van der Waals surface area contributed by atoms with Gasteiger partial charge in [-0.25, -0.2) is 0 Å². The third-order valence-corrected chi connectivity index (χ3v) is 3.83. The maximum atomic E-state index is 12.1. The summed E-state index contributed by atoms with van der Waals surface area (Å²) in [5, 5.41) is 9.76. The fourth-order valence-corrected chi connectivity index (χ4v) is 2.62. The molecule has 0 bridgehead atoms. The number of carboxylic acids is 1. The highest BCUT2D eigenvalue weighted by atomic mass is 32.2. The van der Waals surface area contributed by atoms with Crippen LogP contribution in [0, 0.1) is 0 Å². The Bertz CT molecular complexity index is 711. The van der Waals surface area contributed by atoms with Crippen LogP contribution < -0.4 is 9.84 Å². The SMILES string of the molecule is COC(=O)CN1C(=O)S/C(=C/c2ccc(OCC(=O)[O-])cc2)C1=O. The molecule has 2 amide bonds. The van der Waals surface area contributed by atoms with Gasteiger partial charge >= 0.3 is 5.97 Å². The van der Waals surface area contributed by atoms with Crippen molar-refractivity contribution in [2.24, 2.45) is 0 Å². The summed E-state index contributed by atoms with van der Waals surface area (Å²) in [6.45, 7) is -1.000. The van der Waals surface area contributed by atoms with Crippen LogP contribution >= 0.6 is 11.8 Å². The van der Waals surface area contributed by atoms with Crippen molar-refractivity contribution in [3.05, 3.63) is 34.7 Å². The van der Waals surface area contributed by atoms with Crippen LogP contribution in [0.3, 0.4) is 0 Å². The third-order valence-electron chi connectivity index (χ3n) is 2.92. The predicted octanol–water partition coefficient (Wildman–Crippen LogP) is 0.0246. The van der Waals surface area contributed by atoms with Gasteiger partial charge in [-0.2, -0.15) is 0 Å². The number of aliphatic carboxylic acids is 1. The zero-order valence-electron chi connectivity index (χ0n) is 12.5. The molecular formula is C15H12NO7S-. The van der Waals surface area contributed by atoms with E-state index in [9.17, 15) is 24.3 Å². The number of methoxy groups -OCH3 is 1. The average molecular weight is 350 g/mol. The van der Waals surface area contributed by atoms with Gasteiger partial charge in [0.2, 0.25) is 0 Å². The topological polar surface area (TPSA) is 113 Å². The van der Waals surface area contributed by atoms with Crippen molar-refractivity contribution in [1.29, 1.82) is 0 Å². The van der Waals surface area contributed by atoms with Crippen LogP contribution in [0.4, 0.5) is 4.79 Å². The van der Waals surface area contributed by atoms with Gasteiger partial charge in [0.05, 0.1) is 18.0 Å². The number of hydrogen-bond acceptors (Lipinski definition) is 8. The molecular weight excluding hydrogens is 338 g/mol. The molecule has 1 aromatic carbocycles. The van der Waals surface area contributed by atoms with Gasteiger partial charge in [-0.1, -0.05) is 12.1 Å². The Kier molecular flexibility index (Phi) is 5.59. The summed E-state index contributed by atoms with van der Waals surface area (Å²) in [6.07, 6.45) is 1.49. The number of hydrogen-bond donors (Lipinski definition) is 0. The van der Waals surface area contributed by atoms with Gasteiger partial charge in [0.1, 0.15) is 18.9 Å². The van der Waals surface area contributed by atoms with E-state index in [-0.39, 0.29) is 4.91 Å². The number of rotatable bonds is 6. The van der Waals surface area contributed by atoms with E-state index in [0.717, 1.165) is 16.7 Å². The van der Waals surface area contributed by atoms with E-state index in [2.05, 4.69) is 4.74 Å². The lowest BCUT2D eigenvalue weighted by Gasteiger charge is -2.09. The maximum absolute atomic E-state index is 12.1. The molecule has 0 aliphatic carbocycles. The number of esters is 1. The summed E-state index contributed by atoms with van der Waals surface area (Å²) in [7, 11) is 1.17. The first-order valence-corrected chi connectivity index (χ1v) is 7.47. The fourth-order valence-electron chi connectivity index (χ4n) is 1.78. The second-order valence-corrected chi connectivity index (χ2v) is 5.57. The molecule has 2 rings (SSSR count). The molecule has 0 aromatic heterocycles. The molecule has 1 heterocycles. The van der Waals surface area contributed by atoms with E-state index < -0.39 is 36.2 Å². The molecule has 1 aliphatic rings. The van der Waals surface area contributed by atoms with E-state index in [0.29, 0.717) is 11.3 Å². The van der Waals surface area contributed by atoms with E-state index in [1.165, 1.54) is 25.3 Å². The number of imide groups is 1. The zero-order chi connectivity index (χ0) is 17.7. The third kappa shape index (κ3) is 4.35. The minimum atomic E-state index is -1.33. The van der Waals surface area contributed by atoms with Crippen molar-refractivity contribution in [3.63, 3.8) is 0 Å². The Hall–Kier alpha value is -2.81. The summed E-state index contributed by atoms with van der Waals surface area (Å²) >= 11 is 0.721. The Morgan fingerprint density at radius 2 is 1.92 bits per heavy atom. The van der Waals surface area contributed by atoms with Gasteiger partial charge in [-0.05, 0) is 35.5 Å². The molecule has 0 spiro atoms. The summed E-state index contributed by atoms with van der Waals surface area (Å²) < 4.78 is 9.38. The van der Waals surface area contributed by atoms with Crippen molar-refractivity contribution < 1.29 is 33.8 Å². The molecule has 0 saturated carbocycles. The number of nitrogens with zero attached hydrogens (tertiary/aromatic N) is 1. The summed E-state index contributed by atoms with van der Waals surface area (Å²) in [5.74, 6) is -2.27. The van der Waals surface area contributed by atoms with Crippen LogP contribution in [-0.2, 0) is 19.1 Å². The monoisotopic (exact) mass is 350 g/mol. The Labute approximate surface area is 141 Å². The van der Waals surface area contributed by atoms with Gasteiger partial charge in [0.15, 0.2) is 0 Å². The lowest BCUT2D eigenvalue weighted by atomic mass is 10.2. The van der Waals surface area contributed by atoms with E-state index >= 15 is 0 Å². The lowest BCUT2D eigenvalue weighted by Crippen LogP contribution is -2.34. The second-order valence-electron chi connectivity index (χ2n) is 4.57. The first-order chi connectivity index (χ1) is 11.4. The average Bonchev–Trinajstić information content (AvgIpc) is 2.81. The quantitative estimate of drug-likeness (QED) is 0.521. The molecule has 0 N–H and O–H groups in total. The maximum Gasteiger partial charge on any atom is 0.325 e. The largest absolute Gasteiger partial charge is 0.546 e. The Balaban J connectivity index is 2.08. The molecule has 9 heteroatoms. The normalized spacial score (nSPS) is 15.7. The molecule has 1 aliphatic heterocycles. The molecule has 24 heavy (non-hydrogen) atoms. The molecule has 0 atom stereocenters. The molecule has 1 aromatic rings. The number of benzene rings is 1. The molecule has 126 valence electrons.